The van der Waals surface area contributed by atoms with Crippen LogP contribution in [0.15, 0.2) is 42.5 Å². The lowest BCUT2D eigenvalue weighted by Crippen LogP contribution is -2.52. The highest BCUT2D eigenvalue weighted by molar-refractivity contribution is 9.12. The number of amides is 3. The van der Waals surface area contributed by atoms with Gasteiger partial charge in [0.25, 0.3) is 23.4 Å². The average Bonchev–Trinajstić information content (AvgIpc) is 3.48. The van der Waals surface area contributed by atoms with Crippen molar-refractivity contribution in [3.63, 3.8) is 0 Å². The highest BCUT2D eigenvalue weighted by Gasteiger charge is 2.67. The third-order valence-electron chi connectivity index (χ3n) is 7.30. The zero-order chi connectivity index (χ0) is 26.8. The summed E-state index contributed by atoms with van der Waals surface area (Å²) in [7, 11) is 0. The van der Waals surface area contributed by atoms with E-state index >= 15 is 0 Å². The number of nitrogens with zero attached hydrogens (tertiary/aromatic N) is 3. The van der Waals surface area contributed by atoms with E-state index in [1.807, 2.05) is 0 Å². The number of rotatable bonds is 6. The molecule has 6 atom stereocenters. The summed E-state index contributed by atoms with van der Waals surface area (Å²) in [5.74, 6) is -3.84. The lowest BCUT2D eigenvalue weighted by atomic mass is 9.81. The molecule has 2 bridgehead atoms. The minimum absolute atomic E-state index is 0.00332. The van der Waals surface area contributed by atoms with Crippen LogP contribution >= 0.6 is 55.1 Å². The Bertz CT molecular complexity index is 1320. The molecule has 0 N–H and O–H groups in total. The van der Waals surface area contributed by atoms with E-state index in [-0.39, 0.29) is 48.3 Å². The first-order valence-corrected chi connectivity index (χ1v) is 13.8. The van der Waals surface area contributed by atoms with Gasteiger partial charge in [0.05, 0.1) is 26.8 Å². The topological polar surface area (TPSA) is 118 Å². The van der Waals surface area contributed by atoms with Crippen LogP contribution in [0.4, 0.5) is 5.69 Å². The second kappa shape index (κ2) is 9.76. The largest absolute Gasteiger partial charge is 0.292 e. The van der Waals surface area contributed by atoms with Gasteiger partial charge in [-0.2, -0.15) is 5.01 Å². The molecule has 1 aliphatic heterocycles. The van der Waals surface area contributed by atoms with Crippen molar-refractivity contribution >= 4 is 84.3 Å². The van der Waals surface area contributed by atoms with Crippen LogP contribution in [0.5, 0.6) is 0 Å². The Morgan fingerprint density at radius 3 is 2.00 bits per heavy atom. The summed E-state index contributed by atoms with van der Waals surface area (Å²) >= 11 is 19.3. The van der Waals surface area contributed by atoms with Crippen LogP contribution in [-0.2, 0) is 9.59 Å². The number of carbonyl (C=O) groups excluding carboxylic acids is 4. The Morgan fingerprint density at radius 2 is 1.49 bits per heavy atom. The number of nitro benzene ring substituents is 1. The van der Waals surface area contributed by atoms with E-state index in [1.54, 1.807) is 0 Å². The smallest absolute Gasteiger partial charge is 0.273 e. The number of nitro groups is 1. The molecular formula is C24H17Br2Cl2N3O6. The molecule has 0 radical (unpaired) electrons. The van der Waals surface area contributed by atoms with Crippen LogP contribution in [0.2, 0.25) is 10.0 Å². The predicted octanol–water partition coefficient (Wildman–Crippen LogP) is 4.92. The normalized spacial score (nSPS) is 27.9. The molecule has 5 rings (SSSR count). The fraction of sp³-hybridized carbons (Fsp3) is 0.333. The van der Waals surface area contributed by atoms with Crippen molar-refractivity contribution in [2.45, 2.75) is 16.1 Å². The highest BCUT2D eigenvalue weighted by atomic mass is 79.9. The van der Waals surface area contributed by atoms with Crippen molar-refractivity contribution in [2.24, 2.45) is 23.7 Å². The van der Waals surface area contributed by atoms with Gasteiger partial charge in [0, 0.05) is 32.9 Å². The van der Waals surface area contributed by atoms with Crippen molar-refractivity contribution in [3.8, 4) is 0 Å². The molecule has 1 saturated heterocycles. The molecule has 9 nitrogen and oxygen atoms in total. The molecule has 13 heteroatoms. The SMILES string of the molecule is O=C(CN(C(=O)c1ccc(Cl)c(Cl)c1)N1C(=O)[C@@H]2[C@H]3C[C@@H]([C@H](Br)[C@@H]3Br)[C@@H]2C1=O)c1ccc([N+](=O)[O-])cc1. The third kappa shape index (κ3) is 4.29. The standard InChI is InChI=1S/C24H17Br2Cl2N3O6/c25-20-13-8-14(21(20)26)19-18(13)23(34)30(24(19)35)29(22(33)11-3-6-15(27)16(28)7-11)9-17(32)10-1-4-12(5-2-10)31(36)37/h1-7,13-14,18-21H,8-9H2/t13-,14-,18-,19+,20-,21+/m1/s1. The van der Waals surface area contributed by atoms with Crippen LogP contribution < -0.4 is 0 Å². The number of halogens is 4. The number of benzene rings is 2. The van der Waals surface area contributed by atoms with Crippen LogP contribution in [-0.4, -0.2) is 54.6 Å². The minimum Gasteiger partial charge on any atom is -0.292 e. The Kier molecular flexibility index (Phi) is 6.93. The summed E-state index contributed by atoms with van der Waals surface area (Å²) in [6, 6.07) is 8.94. The summed E-state index contributed by atoms with van der Waals surface area (Å²) in [4.78, 5) is 64.4. The van der Waals surface area contributed by atoms with Crippen LogP contribution in [0.25, 0.3) is 0 Å². The van der Waals surface area contributed by atoms with Gasteiger partial charge in [-0.25, -0.2) is 5.01 Å². The Morgan fingerprint density at radius 1 is 0.946 bits per heavy atom. The van der Waals surface area contributed by atoms with Crippen LogP contribution in [0, 0.1) is 33.8 Å². The maximum atomic E-state index is 13.6. The number of imide groups is 1. The molecule has 3 aliphatic rings. The molecule has 3 fully saturated rings. The molecule has 2 aliphatic carbocycles. The van der Waals surface area contributed by atoms with Gasteiger partial charge in [-0.3, -0.25) is 29.3 Å². The molecule has 37 heavy (non-hydrogen) atoms. The molecule has 0 spiro atoms. The number of carbonyl (C=O) groups is 4. The van der Waals surface area contributed by atoms with Gasteiger partial charge < -0.3 is 0 Å². The van der Waals surface area contributed by atoms with Crippen molar-refractivity contribution < 1.29 is 24.1 Å². The van der Waals surface area contributed by atoms with Crippen molar-refractivity contribution in [2.75, 3.05) is 6.54 Å². The fourth-order valence-corrected chi connectivity index (χ4v) is 7.75. The first kappa shape index (κ1) is 26.3. The molecule has 0 unspecified atom stereocenters. The van der Waals surface area contributed by atoms with E-state index in [0.717, 1.165) is 10.0 Å². The van der Waals surface area contributed by atoms with E-state index in [0.29, 0.717) is 6.42 Å². The number of non-ortho nitro benzene ring substituents is 1. The maximum absolute atomic E-state index is 13.6. The number of fused-ring (bicyclic) bond motifs is 5. The summed E-state index contributed by atoms with van der Waals surface area (Å²) in [5.41, 5.74) is -0.0941. The molecule has 192 valence electrons. The van der Waals surface area contributed by atoms with Gasteiger partial charge in [0.1, 0.15) is 6.54 Å². The lowest BCUT2D eigenvalue weighted by molar-refractivity contribution is -0.384. The molecular weight excluding hydrogens is 657 g/mol. The minimum atomic E-state index is -0.784. The maximum Gasteiger partial charge on any atom is 0.273 e. The monoisotopic (exact) mass is 671 g/mol. The quantitative estimate of drug-likeness (QED) is 0.141. The van der Waals surface area contributed by atoms with E-state index in [1.165, 1.54) is 42.5 Å². The first-order chi connectivity index (χ1) is 17.5. The van der Waals surface area contributed by atoms with E-state index in [9.17, 15) is 29.3 Å². The molecule has 3 amide bonds. The number of Topliss-reactive ketones (excluding diaryl/α,β-unsaturated/α-hetero) is 1. The molecule has 2 aromatic rings. The van der Waals surface area contributed by atoms with Crippen molar-refractivity contribution in [1.29, 1.82) is 0 Å². The lowest BCUT2D eigenvalue weighted by Gasteiger charge is -2.31. The molecule has 2 aromatic carbocycles. The number of alkyl halides is 2. The summed E-state index contributed by atoms with van der Waals surface area (Å²) in [6.45, 7) is -0.640. The highest BCUT2D eigenvalue weighted by Crippen LogP contribution is 2.60. The van der Waals surface area contributed by atoms with Gasteiger partial charge in [-0.1, -0.05) is 55.1 Å². The van der Waals surface area contributed by atoms with Gasteiger partial charge in [0.15, 0.2) is 5.78 Å². The fourth-order valence-electron chi connectivity index (χ4n) is 5.58. The Hall–Kier alpha value is -2.34. The van der Waals surface area contributed by atoms with E-state index in [4.69, 9.17) is 23.2 Å². The first-order valence-electron chi connectivity index (χ1n) is 11.2. The number of hydrogen-bond donors (Lipinski definition) is 0. The van der Waals surface area contributed by atoms with Gasteiger partial charge in [-0.05, 0) is 48.6 Å². The van der Waals surface area contributed by atoms with E-state index < -0.39 is 46.8 Å². The van der Waals surface area contributed by atoms with Crippen molar-refractivity contribution in [1.82, 2.24) is 10.0 Å². The number of hydrogen-bond acceptors (Lipinski definition) is 6. The van der Waals surface area contributed by atoms with Gasteiger partial charge in [-0.15, -0.1) is 0 Å². The molecule has 1 heterocycles. The third-order valence-corrected chi connectivity index (χ3v) is 11.2. The second-order valence-electron chi connectivity index (χ2n) is 9.21. The molecule has 2 saturated carbocycles. The number of ketones is 1. The second-order valence-corrected chi connectivity index (χ2v) is 12.1. The zero-order valence-corrected chi connectivity index (χ0v) is 23.4. The zero-order valence-electron chi connectivity index (χ0n) is 18.7. The molecule has 0 aromatic heterocycles. The predicted molar refractivity (Wildman–Crippen MR) is 141 cm³/mol. The summed E-state index contributed by atoms with van der Waals surface area (Å²) in [5, 5.41) is 12.9. The van der Waals surface area contributed by atoms with Gasteiger partial charge in [0.2, 0.25) is 0 Å². The number of hydrazine groups is 1. The average molecular weight is 674 g/mol. The van der Waals surface area contributed by atoms with Crippen molar-refractivity contribution in [3.05, 3.63) is 73.8 Å². The summed E-state index contributed by atoms with van der Waals surface area (Å²) < 4.78 is 0. The Balaban J connectivity index is 1.50. The van der Waals surface area contributed by atoms with Crippen LogP contribution in [0.1, 0.15) is 27.1 Å². The van der Waals surface area contributed by atoms with Crippen LogP contribution in [0.3, 0.4) is 0 Å². The summed E-state index contributed by atoms with van der Waals surface area (Å²) in [6.07, 6.45) is 0.703. The Labute approximate surface area is 237 Å². The van der Waals surface area contributed by atoms with E-state index in [2.05, 4.69) is 31.9 Å². The van der Waals surface area contributed by atoms with Gasteiger partial charge >= 0.3 is 0 Å².